The molecule has 3 rings (SSSR count). The summed E-state index contributed by atoms with van der Waals surface area (Å²) < 4.78 is 10.7. The number of carbonyl (C=O) groups excluding carboxylic acids is 3. The molecule has 9 nitrogen and oxygen atoms in total. The van der Waals surface area contributed by atoms with E-state index in [1.807, 2.05) is 13.8 Å². The fourth-order valence-corrected chi connectivity index (χ4v) is 3.45. The maximum Gasteiger partial charge on any atom is 0.341 e. The van der Waals surface area contributed by atoms with Gasteiger partial charge in [-0.1, -0.05) is 12.1 Å². The molecule has 0 saturated carbocycles. The molecule has 4 amide bonds. The van der Waals surface area contributed by atoms with Crippen molar-refractivity contribution in [3.05, 3.63) is 70.8 Å². The number of barbiturate groups is 1. The van der Waals surface area contributed by atoms with Gasteiger partial charge in [-0.2, -0.15) is 0 Å². The molecule has 2 aromatic rings. The highest BCUT2D eigenvalue weighted by Gasteiger charge is 2.37. The molecule has 0 spiro atoms. The van der Waals surface area contributed by atoms with Gasteiger partial charge in [0.05, 0.1) is 12.8 Å². The Morgan fingerprint density at radius 3 is 2.50 bits per heavy atom. The van der Waals surface area contributed by atoms with E-state index >= 15 is 0 Å². The summed E-state index contributed by atoms with van der Waals surface area (Å²) in [4.78, 5) is 50.1. The predicted molar refractivity (Wildman–Crippen MR) is 125 cm³/mol. The van der Waals surface area contributed by atoms with E-state index in [-0.39, 0.29) is 17.1 Å². The van der Waals surface area contributed by atoms with Gasteiger partial charge in [0.15, 0.2) is 18.1 Å². The van der Waals surface area contributed by atoms with Crippen LogP contribution >= 0.6 is 0 Å². The number of urea groups is 1. The average molecular weight is 464 g/mol. The average Bonchev–Trinajstić information content (AvgIpc) is 2.77. The van der Waals surface area contributed by atoms with Crippen LogP contribution in [0.4, 0.5) is 10.5 Å². The quantitative estimate of drug-likeness (QED) is 0.350. The second kappa shape index (κ2) is 10.0. The molecule has 1 aliphatic heterocycles. The number of aliphatic carboxylic acids is 1. The van der Waals surface area contributed by atoms with Crippen LogP contribution in [0.3, 0.4) is 0 Å². The van der Waals surface area contributed by atoms with Crippen LogP contribution in [0.15, 0.2) is 48.6 Å². The monoisotopic (exact) mass is 464 g/mol. The van der Waals surface area contributed by atoms with Crippen LogP contribution in [-0.2, 0) is 20.8 Å². The summed E-state index contributed by atoms with van der Waals surface area (Å²) in [5.74, 6) is -2.31. The van der Waals surface area contributed by atoms with Crippen molar-refractivity contribution in [2.45, 2.75) is 20.3 Å². The smallest absolute Gasteiger partial charge is 0.341 e. The summed E-state index contributed by atoms with van der Waals surface area (Å²) in [5.41, 5.74) is 2.94. The van der Waals surface area contributed by atoms with E-state index < -0.39 is 30.4 Å². The molecule has 0 aliphatic carbocycles. The molecule has 1 aliphatic rings. The maximum atomic E-state index is 13.2. The molecule has 2 aromatic carbocycles. The molecule has 9 heteroatoms. The lowest BCUT2D eigenvalue weighted by Crippen LogP contribution is -2.54. The Hall–Kier alpha value is -4.40. The molecule has 1 heterocycles. The van der Waals surface area contributed by atoms with Crippen molar-refractivity contribution < 1.29 is 33.8 Å². The molecule has 1 fully saturated rings. The van der Waals surface area contributed by atoms with Crippen LogP contribution in [0.1, 0.15) is 22.3 Å². The molecular formula is C25H24N2O7. The van der Waals surface area contributed by atoms with Gasteiger partial charge in [-0.05, 0) is 67.3 Å². The number of methoxy groups -OCH3 is 1. The van der Waals surface area contributed by atoms with Gasteiger partial charge in [0, 0.05) is 5.56 Å². The van der Waals surface area contributed by atoms with E-state index in [0.29, 0.717) is 23.2 Å². The van der Waals surface area contributed by atoms with Crippen molar-refractivity contribution in [1.82, 2.24) is 5.32 Å². The third-order valence-electron chi connectivity index (χ3n) is 5.24. The topological polar surface area (TPSA) is 122 Å². The third-order valence-corrected chi connectivity index (χ3v) is 5.24. The number of nitrogens with one attached hydrogen (secondary N) is 1. The summed E-state index contributed by atoms with van der Waals surface area (Å²) >= 11 is 0. The van der Waals surface area contributed by atoms with Gasteiger partial charge >= 0.3 is 12.0 Å². The summed E-state index contributed by atoms with van der Waals surface area (Å²) in [6.07, 6.45) is 3.25. The molecule has 0 atom stereocenters. The zero-order valence-corrected chi connectivity index (χ0v) is 19.0. The largest absolute Gasteiger partial charge is 0.493 e. The molecule has 1 saturated heterocycles. The number of nitrogens with zero attached hydrogens (tertiary/aromatic N) is 1. The number of rotatable bonds is 8. The molecular weight excluding hydrogens is 440 g/mol. The number of benzene rings is 2. The first-order valence-electron chi connectivity index (χ1n) is 10.3. The number of imide groups is 2. The first kappa shape index (κ1) is 24.2. The van der Waals surface area contributed by atoms with Gasteiger partial charge in [-0.15, -0.1) is 6.58 Å². The second-order valence-corrected chi connectivity index (χ2v) is 7.61. The zero-order valence-electron chi connectivity index (χ0n) is 19.0. The second-order valence-electron chi connectivity index (χ2n) is 7.61. The number of carboxylic acid groups (broad SMARTS) is 1. The lowest BCUT2D eigenvalue weighted by molar-refractivity contribution is -0.139. The molecule has 0 bridgehead atoms. The van der Waals surface area contributed by atoms with Gasteiger partial charge in [0.1, 0.15) is 5.57 Å². The van der Waals surface area contributed by atoms with Crippen LogP contribution in [0, 0.1) is 13.8 Å². The van der Waals surface area contributed by atoms with Crippen LogP contribution in [0.25, 0.3) is 6.08 Å². The fourth-order valence-electron chi connectivity index (χ4n) is 3.45. The number of allylic oxidation sites excluding steroid dienone is 1. The van der Waals surface area contributed by atoms with Crippen molar-refractivity contribution in [3.63, 3.8) is 0 Å². The van der Waals surface area contributed by atoms with Gasteiger partial charge in [-0.25, -0.2) is 14.5 Å². The van der Waals surface area contributed by atoms with Crippen LogP contribution in [0.5, 0.6) is 11.5 Å². The Bertz CT molecular complexity index is 1230. The normalized spacial score (nSPS) is 14.7. The maximum absolute atomic E-state index is 13.2. The fraction of sp³-hybridized carbons (Fsp3) is 0.200. The first-order chi connectivity index (χ1) is 16.2. The number of aryl methyl sites for hydroxylation is 2. The van der Waals surface area contributed by atoms with Crippen LogP contribution < -0.4 is 19.7 Å². The Morgan fingerprint density at radius 2 is 1.88 bits per heavy atom. The zero-order chi connectivity index (χ0) is 25.0. The van der Waals surface area contributed by atoms with E-state index in [9.17, 15) is 19.2 Å². The van der Waals surface area contributed by atoms with Crippen molar-refractivity contribution in [3.8, 4) is 11.5 Å². The number of ether oxygens (including phenoxy) is 2. The number of carboxylic acids is 1. The Balaban J connectivity index is 2.06. The number of hydrogen-bond acceptors (Lipinski definition) is 6. The summed E-state index contributed by atoms with van der Waals surface area (Å²) in [6, 6.07) is 7.41. The highest BCUT2D eigenvalue weighted by atomic mass is 16.5. The number of amides is 4. The summed E-state index contributed by atoms with van der Waals surface area (Å²) in [5, 5.41) is 11.1. The predicted octanol–water partition coefficient (Wildman–Crippen LogP) is 3.17. The minimum absolute atomic E-state index is 0.221. The summed E-state index contributed by atoms with van der Waals surface area (Å²) in [7, 11) is 1.39. The van der Waals surface area contributed by atoms with E-state index in [0.717, 1.165) is 16.0 Å². The van der Waals surface area contributed by atoms with Crippen molar-refractivity contribution in [1.29, 1.82) is 0 Å². The first-order valence-corrected chi connectivity index (χ1v) is 10.3. The lowest BCUT2D eigenvalue weighted by Gasteiger charge is -2.27. The van der Waals surface area contributed by atoms with Crippen molar-refractivity contribution >= 4 is 35.6 Å². The van der Waals surface area contributed by atoms with Gasteiger partial charge in [-0.3, -0.25) is 14.9 Å². The third kappa shape index (κ3) is 4.98. The SMILES string of the molecule is C=CCc1cc(/C=C2\C(=O)NC(=O)N(c3ccc(C)c(C)c3)C2=O)cc(OC)c1OCC(=O)O. The summed E-state index contributed by atoms with van der Waals surface area (Å²) in [6.45, 7) is 6.88. The van der Waals surface area contributed by atoms with Gasteiger partial charge in [0.2, 0.25) is 0 Å². The van der Waals surface area contributed by atoms with Crippen LogP contribution in [0.2, 0.25) is 0 Å². The molecule has 34 heavy (non-hydrogen) atoms. The lowest BCUT2D eigenvalue weighted by atomic mass is 10.0. The molecule has 176 valence electrons. The van der Waals surface area contributed by atoms with E-state index in [1.165, 1.54) is 19.3 Å². The minimum Gasteiger partial charge on any atom is -0.493 e. The van der Waals surface area contributed by atoms with Crippen molar-refractivity contribution in [2.24, 2.45) is 0 Å². The molecule has 0 unspecified atom stereocenters. The number of carbonyl (C=O) groups is 4. The Morgan fingerprint density at radius 1 is 1.15 bits per heavy atom. The molecule has 0 radical (unpaired) electrons. The van der Waals surface area contributed by atoms with Gasteiger partial charge in [0.25, 0.3) is 11.8 Å². The standard InChI is InChI=1S/C25H24N2O7/c1-5-6-17-10-16(12-20(33-4)22(17)34-13-21(28)29)11-19-23(30)26-25(32)27(24(19)31)18-8-7-14(2)15(3)9-18/h5,7-12H,1,6,13H2,2-4H3,(H,28,29)(H,26,30,32)/b19-11+. The minimum atomic E-state index is -1.15. The van der Waals surface area contributed by atoms with E-state index in [2.05, 4.69) is 11.9 Å². The molecule has 0 aromatic heterocycles. The van der Waals surface area contributed by atoms with Crippen molar-refractivity contribution in [2.75, 3.05) is 18.6 Å². The van der Waals surface area contributed by atoms with E-state index in [1.54, 1.807) is 30.3 Å². The Kier molecular flexibility index (Phi) is 7.15. The van der Waals surface area contributed by atoms with Crippen LogP contribution in [-0.4, -0.2) is 42.6 Å². The van der Waals surface area contributed by atoms with E-state index in [4.69, 9.17) is 14.6 Å². The van der Waals surface area contributed by atoms with Gasteiger partial charge < -0.3 is 14.6 Å². The Labute approximate surface area is 196 Å². The highest BCUT2D eigenvalue weighted by molar-refractivity contribution is 6.39. The number of anilines is 1. The molecule has 2 N–H and O–H groups in total. The number of hydrogen-bond donors (Lipinski definition) is 2. The highest BCUT2D eigenvalue weighted by Crippen LogP contribution is 2.35.